The first-order valence-corrected chi connectivity index (χ1v) is 8.38. The summed E-state index contributed by atoms with van der Waals surface area (Å²) in [5, 5.41) is 13.2. The number of methoxy groups -OCH3 is 1. The summed E-state index contributed by atoms with van der Waals surface area (Å²) in [5.74, 6) is 0.709. The molecule has 0 fully saturated rings. The van der Waals surface area contributed by atoms with Crippen LogP contribution in [-0.2, 0) is 0 Å². The van der Waals surface area contributed by atoms with Crippen molar-refractivity contribution in [2.45, 2.75) is 6.92 Å². The van der Waals surface area contributed by atoms with E-state index in [2.05, 4.69) is 16.4 Å². The van der Waals surface area contributed by atoms with Gasteiger partial charge in [-0.2, -0.15) is 5.26 Å². The highest BCUT2D eigenvalue weighted by Crippen LogP contribution is 2.18. The number of imidazole rings is 1. The Balaban J connectivity index is 1.99. The third-order valence-electron chi connectivity index (χ3n) is 4.56. The van der Waals surface area contributed by atoms with Crippen LogP contribution in [0.1, 0.15) is 11.1 Å². The molecule has 0 radical (unpaired) electrons. The van der Waals surface area contributed by atoms with Crippen LogP contribution in [0.4, 0.5) is 5.69 Å². The Bertz CT molecular complexity index is 1330. The van der Waals surface area contributed by atoms with Crippen LogP contribution in [0.2, 0.25) is 0 Å². The number of aromatic nitrogens is 2. The van der Waals surface area contributed by atoms with E-state index in [1.54, 1.807) is 20.2 Å². The Kier molecular flexibility index (Phi) is 3.98. The van der Waals surface area contributed by atoms with Crippen LogP contribution < -0.4 is 20.8 Å². The Hall–Kier alpha value is -3.85. The molecule has 0 aliphatic carbocycles. The van der Waals surface area contributed by atoms with E-state index in [0.29, 0.717) is 38.8 Å². The van der Waals surface area contributed by atoms with E-state index in [4.69, 9.17) is 4.74 Å². The monoisotopic (exact) mass is 356 g/mol. The molecular formula is C21H16N4O2. The minimum Gasteiger partial charge on any atom is -0.497 e. The molecule has 2 aromatic heterocycles. The number of ether oxygens (including phenoxy) is 1. The van der Waals surface area contributed by atoms with Crippen molar-refractivity contribution < 1.29 is 4.74 Å². The van der Waals surface area contributed by atoms with Crippen LogP contribution in [-0.4, -0.2) is 16.5 Å². The molecule has 0 saturated heterocycles. The lowest BCUT2D eigenvalue weighted by molar-refractivity contribution is 0.415. The molecule has 0 spiro atoms. The van der Waals surface area contributed by atoms with Crippen LogP contribution in [0.15, 0.2) is 53.3 Å². The lowest BCUT2D eigenvalue weighted by atomic mass is 10.1. The van der Waals surface area contributed by atoms with Gasteiger partial charge in [0.25, 0.3) is 5.56 Å². The molecule has 6 heteroatoms. The van der Waals surface area contributed by atoms with Crippen LogP contribution in [0.3, 0.4) is 0 Å². The van der Waals surface area contributed by atoms with Crippen molar-refractivity contribution in [3.63, 3.8) is 0 Å². The average molecular weight is 356 g/mol. The lowest BCUT2D eigenvalue weighted by Gasteiger charge is -2.05. The van der Waals surface area contributed by atoms with Gasteiger partial charge in [0.15, 0.2) is 5.65 Å². The highest BCUT2D eigenvalue weighted by molar-refractivity contribution is 5.82. The smallest absolute Gasteiger partial charge is 0.265 e. The quantitative estimate of drug-likeness (QED) is 0.610. The molecule has 0 amide bonds. The first-order valence-electron chi connectivity index (χ1n) is 8.38. The summed E-state index contributed by atoms with van der Waals surface area (Å²) in [6.45, 7) is 1.76. The second kappa shape index (κ2) is 6.46. The zero-order chi connectivity index (χ0) is 19.0. The van der Waals surface area contributed by atoms with Gasteiger partial charge in [-0.1, -0.05) is 18.2 Å². The molecule has 4 aromatic rings. The number of hydrogen-bond acceptors (Lipinski definition) is 5. The fourth-order valence-electron chi connectivity index (χ4n) is 3.15. The van der Waals surface area contributed by atoms with Crippen molar-refractivity contribution >= 4 is 28.6 Å². The number of anilines is 1. The number of benzene rings is 2. The predicted molar refractivity (Wildman–Crippen MR) is 105 cm³/mol. The molecule has 2 heterocycles. The maximum atomic E-state index is 13.2. The van der Waals surface area contributed by atoms with Gasteiger partial charge in [0.1, 0.15) is 11.8 Å². The first-order chi connectivity index (χ1) is 13.1. The minimum atomic E-state index is -0.217. The minimum absolute atomic E-state index is 0.217. The molecule has 6 nitrogen and oxygen atoms in total. The first kappa shape index (κ1) is 16.6. The molecule has 0 aliphatic heterocycles. The SMILES string of the molecule is COc1cccc(NC=c2c(C)c(C#N)c3nc4ccccc4n3c2=O)c1. The van der Waals surface area contributed by atoms with Crippen molar-refractivity contribution in [1.29, 1.82) is 5.26 Å². The molecule has 0 saturated carbocycles. The molecule has 0 atom stereocenters. The summed E-state index contributed by atoms with van der Waals surface area (Å²) in [6, 6.07) is 16.9. The van der Waals surface area contributed by atoms with Crippen molar-refractivity contribution in [2.24, 2.45) is 0 Å². The molecule has 27 heavy (non-hydrogen) atoms. The molecule has 0 unspecified atom stereocenters. The number of nitriles is 1. The zero-order valence-electron chi connectivity index (χ0n) is 14.9. The van der Waals surface area contributed by atoms with Gasteiger partial charge in [0.2, 0.25) is 0 Å². The normalized spacial score (nSPS) is 11.7. The number of nitrogens with zero attached hydrogens (tertiary/aromatic N) is 3. The number of para-hydroxylation sites is 2. The van der Waals surface area contributed by atoms with E-state index in [9.17, 15) is 10.1 Å². The molecule has 0 bridgehead atoms. The highest BCUT2D eigenvalue weighted by atomic mass is 16.5. The van der Waals surface area contributed by atoms with Crippen molar-refractivity contribution in [2.75, 3.05) is 12.4 Å². The van der Waals surface area contributed by atoms with Gasteiger partial charge < -0.3 is 10.1 Å². The maximum Gasteiger partial charge on any atom is 0.265 e. The van der Waals surface area contributed by atoms with Crippen LogP contribution in [0.25, 0.3) is 22.9 Å². The fourth-order valence-corrected chi connectivity index (χ4v) is 3.15. The third-order valence-corrected chi connectivity index (χ3v) is 4.56. The summed E-state index contributed by atoms with van der Waals surface area (Å²) in [7, 11) is 1.60. The summed E-state index contributed by atoms with van der Waals surface area (Å²) in [4.78, 5) is 17.6. The molecule has 4 rings (SSSR count). The molecule has 2 aromatic carbocycles. The highest BCUT2D eigenvalue weighted by Gasteiger charge is 2.15. The third kappa shape index (κ3) is 2.66. The second-order valence-electron chi connectivity index (χ2n) is 6.11. The molecule has 1 N–H and O–H groups in total. The van der Waals surface area contributed by atoms with Crippen molar-refractivity contribution in [3.05, 3.63) is 75.2 Å². The zero-order valence-corrected chi connectivity index (χ0v) is 14.9. The summed E-state index contributed by atoms with van der Waals surface area (Å²) < 4.78 is 6.72. The van der Waals surface area contributed by atoms with Gasteiger partial charge in [0, 0.05) is 18.0 Å². The molecular weight excluding hydrogens is 340 g/mol. The number of fused-ring (bicyclic) bond motifs is 3. The largest absolute Gasteiger partial charge is 0.497 e. The van der Waals surface area contributed by atoms with Crippen molar-refractivity contribution in [1.82, 2.24) is 9.38 Å². The molecule has 132 valence electrons. The standard InChI is InChI=1S/C21H16N4O2/c1-13-16(11-22)20-24-18-8-3-4-9-19(18)25(20)21(26)17(13)12-23-14-6-5-7-15(10-14)27-2/h3-10,12,23H,1-2H3. The summed E-state index contributed by atoms with van der Waals surface area (Å²) in [6.07, 6.45) is 1.63. The lowest BCUT2D eigenvalue weighted by Crippen LogP contribution is -2.34. The van der Waals surface area contributed by atoms with Crippen molar-refractivity contribution in [3.8, 4) is 11.8 Å². The number of pyridine rings is 1. The topological polar surface area (TPSA) is 79.4 Å². The van der Waals surface area contributed by atoms with Gasteiger partial charge in [0.05, 0.1) is 28.9 Å². The fraction of sp³-hybridized carbons (Fsp3) is 0.0952. The van der Waals surface area contributed by atoms with E-state index < -0.39 is 0 Å². The van der Waals surface area contributed by atoms with E-state index in [0.717, 1.165) is 5.69 Å². The Morgan fingerprint density at radius 1 is 1.22 bits per heavy atom. The molecule has 0 aliphatic rings. The Morgan fingerprint density at radius 2 is 2.04 bits per heavy atom. The summed E-state index contributed by atoms with van der Waals surface area (Å²) >= 11 is 0. The summed E-state index contributed by atoms with van der Waals surface area (Å²) in [5.41, 5.74) is 3.31. The number of hydrogen-bond donors (Lipinski definition) is 1. The average Bonchev–Trinajstić information content (AvgIpc) is 3.07. The van der Waals surface area contributed by atoms with Gasteiger partial charge in [-0.3, -0.25) is 9.20 Å². The van der Waals surface area contributed by atoms with E-state index in [1.165, 1.54) is 4.40 Å². The predicted octanol–water partition coefficient (Wildman–Crippen LogP) is 2.61. The van der Waals surface area contributed by atoms with E-state index >= 15 is 0 Å². The van der Waals surface area contributed by atoms with E-state index in [-0.39, 0.29) is 5.56 Å². The Morgan fingerprint density at radius 3 is 2.81 bits per heavy atom. The maximum absolute atomic E-state index is 13.2. The number of rotatable bonds is 3. The van der Waals surface area contributed by atoms with E-state index in [1.807, 2.05) is 48.5 Å². The van der Waals surface area contributed by atoms with Crippen LogP contribution in [0.5, 0.6) is 5.75 Å². The Labute approximate surface area is 154 Å². The van der Waals surface area contributed by atoms with Gasteiger partial charge >= 0.3 is 0 Å². The van der Waals surface area contributed by atoms with Crippen LogP contribution >= 0.6 is 0 Å². The number of nitrogens with one attached hydrogen (secondary N) is 1. The van der Waals surface area contributed by atoms with Gasteiger partial charge in [-0.25, -0.2) is 4.98 Å². The van der Waals surface area contributed by atoms with Crippen LogP contribution in [0, 0.1) is 18.3 Å². The van der Waals surface area contributed by atoms with Gasteiger partial charge in [-0.05, 0) is 36.8 Å². The van der Waals surface area contributed by atoms with Gasteiger partial charge in [-0.15, -0.1) is 0 Å². The second-order valence-corrected chi connectivity index (χ2v) is 6.11.